The second-order valence-corrected chi connectivity index (χ2v) is 5.43. The lowest BCUT2D eigenvalue weighted by Crippen LogP contribution is -2.01. The number of pyridine rings is 1. The summed E-state index contributed by atoms with van der Waals surface area (Å²) in [5.74, 6) is 0. The Bertz CT molecular complexity index is 692. The fraction of sp³-hybridized carbons (Fsp3) is 0.125. The first-order valence-electron chi connectivity index (χ1n) is 6.48. The molecule has 0 atom stereocenters. The third kappa shape index (κ3) is 2.86. The van der Waals surface area contributed by atoms with Gasteiger partial charge in [-0.25, -0.2) is 4.98 Å². The Hall–Kier alpha value is -2.20. The molecule has 3 rings (SSSR count). The first kappa shape index (κ1) is 12.8. The van der Waals surface area contributed by atoms with Crippen LogP contribution < -0.4 is 5.32 Å². The van der Waals surface area contributed by atoms with E-state index in [0.717, 1.165) is 34.2 Å². The van der Waals surface area contributed by atoms with Crippen molar-refractivity contribution in [1.29, 1.82) is 0 Å². The van der Waals surface area contributed by atoms with Crippen molar-refractivity contribution < 1.29 is 0 Å². The molecule has 0 unspecified atom stereocenters. The van der Waals surface area contributed by atoms with Gasteiger partial charge in [-0.05, 0) is 19.1 Å². The van der Waals surface area contributed by atoms with Crippen LogP contribution >= 0.6 is 11.3 Å². The maximum atomic E-state index is 4.66. The largest absolute Gasteiger partial charge is 0.377 e. The van der Waals surface area contributed by atoms with Gasteiger partial charge in [0.15, 0.2) is 0 Å². The number of benzene rings is 1. The molecule has 3 nitrogen and oxygen atoms in total. The van der Waals surface area contributed by atoms with Crippen LogP contribution in [-0.2, 0) is 6.54 Å². The van der Waals surface area contributed by atoms with Crippen LogP contribution in [0.25, 0.3) is 11.3 Å². The van der Waals surface area contributed by atoms with Gasteiger partial charge in [-0.15, -0.1) is 11.3 Å². The van der Waals surface area contributed by atoms with E-state index in [9.17, 15) is 0 Å². The monoisotopic (exact) mass is 281 g/mol. The van der Waals surface area contributed by atoms with E-state index in [0.29, 0.717) is 0 Å². The van der Waals surface area contributed by atoms with Crippen LogP contribution in [-0.4, -0.2) is 9.97 Å². The number of aryl methyl sites for hydroxylation is 1. The first-order valence-corrected chi connectivity index (χ1v) is 7.36. The first-order chi connectivity index (χ1) is 9.83. The number of aromatic nitrogens is 2. The Kier molecular flexibility index (Phi) is 3.74. The van der Waals surface area contributed by atoms with Crippen molar-refractivity contribution in [3.63, 3.8) is 0 Å². The van der Waals surface area contributed by atoms with Crippen LogP contribution in [0.4, 0.5) is 5.69 Å². The van der Waals surface area contributed by atoms with E-state index in [1.54, 1.807) is 17.5 Å². The summed E-state index contributed by atoms with van der Waals surface area (Å²) >= 11 is 1.68. The maximum absolute atomic E-state index is 4.66. The van der Waals surface area contributed by atoms with Crippen molar-refractivity contribution in [2.75, 3.05) is 5.32 Å². The molecule has 0 spiro atoms. The summed E-state index contributed by atoms with van der Waals surface area (Å²) in [4.78, 5) is 8.93. The Balaban J connectivity index is 1.71. The van der Waals surface area contributed by atoms with E-state index >= 15 is 0 Å². The summed E-state index contributed by atoms with van der Waals surface area (Å²) < 4.78 is 0. The fourth-order valence-corrected chi connectivity index (χ4v) is 2.72. The lowest BCUT2D eigenvalue weighted by atomic mass is 10.2. The molecule has 0 amide bonds. The number of anilines is 1. The Morgan fingerprint density at radius 1 is 1.10 bits per heavy atom. The smallest absolute Gasteiger partial charge is 0.112 e. The third-order valence-corrected chi connectivity index (χ3v) is 3.91. The second kappa shape index (κ2) is 5.84. The molecule has 2 heterocycles. The van der Waals surface area contributed by atoms with Gasteiger partial charge < -0.3 is 5.32 Å². The van der Waals surface area contributed by atoms with Crippen LogP contribution in [0.15, 0.2) is 54.0 Å². The van der Waals surface area contributed by atoms with Crippen LogP contribution in [0.5, 0.6) is 0 Å². The number of nitrogens with one attached hydrogen (secondary N) is 1. The molecule has 2 aromatic heterocycles. The van der Waals surface area contributed by atoms with Gasteiger partial charge in [-0.3, -0.25) is 4.98 Å². The average molecular weight is 281 g/mol. The normalized spacial score (nSPS) is 10.4. The molecule has 0 bridgehead atoms. The van der Waals surface area contributed by atoms with Crippen LogP contribution in [0.3, 0.4) is 0 Å². The van der Waals surface area contributed by atoms with Crippen molar-refractivity contribution in [1.82, 2.24) is 9.97 Å². The van der Waals surface area contributed by atoms with Crippen molar-refractivity contribution in [3.8, 4) is 11.3 Å². The molecule has 1 N–H and O–H groups in total. The van der Waals surface area contributed by atoms with Gasteiger partial charge in [0.25, 0.3) is 0 Å². The van der Waals surface area contributed by atoms with Crippen molar-refractivity contribution in [3.05, 3.63) is 64.7 Å². The molecule has 0 aliphatic carbocycles. The molecule has 1 aromatic carbocycles. The Morgan fingerprint density at radius 3 is 2.75 bits per heavy atom. The molecule has 3 aromatic rings. The van der Waals surface area contributed by atoms with E-state index in [4.69, 9.17) is 0 Å². The minimum Gasteiger partial charge on any atom is -0.377 e. The van der Waals surface area contributed by atoms with Gasteiger partial charge in [-0.2, -0.15) is 0 Å². The lowest BCUT2D eigenvalue weighted by Gasteiger charge is -2.06. The average Bonchev–Trinajstić information content (AvgIpc) is 2.96. The SMILES string of the molecule is Cc1ncccc1NCc1nc(-c2ccccc2)cs1. The summed E-state index contributed by atoms with van der Waals surface area (Å²) in [6, 6.07) is 14.2. The van der Waals surface area contributed by atoms with Gasteiger partial charge >= 0.3 is 0 Å². The zero-order valence-electron chi connectivity index (χ0n) is 11.2. The van der Waals surface area contributed by atoms with E-state index < -0.39 is 0 Å². The zero-order chi connectivity index (χ0) is 13.8. The van der Waals surface area contributed by atoms with Gasteiger partial charge in [-0.1, -0.05) is 30.3 Å². The highest BCUT2D eigenvalue weighted by molar-refractivity contribution is 7.09. The van der Waals surface area contributed by atoms with Gasteiger partial charge in [0.1, 0.15) is 5.01 Å². The van der Waals surface area contributed by atoms with E-state index in [1.807, 2.05) is 37.3 Å². The molecular formula is C16H15N3S. The van der Waals surface area contributed by atoms with Crippen LogP contribution in [0.2, 0.25) is 0 Å². The molecule has 100 valence electrons. The number of thiazole rings is 1. The molecule has 20 heavy (non-hydrogen) atoms. The second-order valence-electron chi connectivity index (χ2n) is 4.48. The standard InChI is InChI=1S/C16H15N3S/c1-12-14(8-5-9-17-12)18-10-16-19-15(11-20-16)13-6-3-2-4-7-13/h2-9,11,18H,10H2,1H3. The van der Waals surface area contributed by atoms with E-state index in [1.165, 1.54) is 0 Å². The van der Waals surface area contributed by atoms with E-state index in [-0.39, 0.29) is 0 Å². The molecule has 0 saturated heterocycles. The summed E-state index contributed by atoms with van der Waals surface area (Å²) in [5.41, 5.74) is 4.26. The minimum absolute atomic E-state index is 0.726. The number of nitrogens with zero attached hydrogens (tertiary/aromatic N) is 2. The number of rotatable bonds is 4. The van der Waals surface area contributed by atoms with Crippen molar-refractivity contribution in [2.45, 2.75) is 13.5 Å². The van der Waals surface area contributed by atoms with Crippen molar-refractivity contribution >= 4 is 17.0 Å². The van der Waals surface area contributed by atoms with Gasteiger partial charge in [0.05, 0.1) is 23.6 Å². The third-order valence-electron chi connectivity index (χ3n) is 3.06. The number of hydrogen-bond donors (Lipinski definition) is 1. The number of hydrogen-bond acceptors (Lipinski definition) is 4. The quantitative estimate of drug-likeness (QED) is 0.781. The van der Waals surface area contributed by atoms with Crippen LogP contribution in [0, 0.1) is 6.92 Å². The summed E-state index contributed by atoms with van der Waals surface area (Å²) in [6.45, 7) is 2.73. The van der Waals surface area contributed by atoms with Gasteiger partial charge in [0.2, 0.25) is 0 Å². The molecule has 4 heteroatoms. The molecule has 0 saturated carbocycles. The Labute approximate surface area is 122 Å². The fourth-order valence-electron chi connectivity index (χ4n) is 1.98. The summed E-state index contributed by atoms with van der Waals surface area (Å²) in [6.07, 6.45) is 1.80. The highest BCUT2D eigenvalue weighted by atomic mass is 32.1. The highest BCUT2D eigenvalue weighted by Gasteiger charge is 2.04. The molecule has 0 radical (unpaired) electrons. The molecule has 0 aliphatic rings. The summed E-state index contributed by atoms with van der Waals surface area (Å²) in [7, 11) is 0. The lowest BCUT2D eigenvalue weighted by molar-refractivity contribution is 1.08. The predicted molar refractivity (Wildman–Crippen MR) is 83.9 cm³/mol. The molecule has 0 fully saturated rings. The minimum atomic E-state index is 0.726. The van der Waals surface area contributed by atoms with Crippen molar-refractivity contribution in [2.24, 2.45) is 0 Å². The highest BCUT2D eigenvalue weighted by Crippen LogP contribution is 2.22. The predicted octanol–water partition coefficient (Wildman–Crippen LogP) is 4.13. The van der Waals surface area contributed by atoms with Gasteiger partial charge in [0, 0.05) is 17.1 Å². The van der Waals surface area contributed by atoms with E-state index in [2.05, 4.69) is 32.8 Å². The molecule has 0 aliphatic heterocycles. The maximum Gasteiger partial charge on any atom is 0.112 e. The Morgan fingerprint density at radius 2 is 1.95 bits per heavy atom. The molecular weight excluding hydrogens is 266 g/mol. The summed E-state index contributed by atoms with van der Waals surface area (Å²) in [5, 5.41) is 6.56. The topological polar surface area (TPSA) is 37.8 Å². The zero-order valence-corrected chi connectivity index (χ0v) is 12.0. The van der Waals surface area contributed by atoms with Crippen LogP contribution in [0.1, 0.15) is 10.7 Å².